The van der Waals surface area contributed by atoms with E-state index in [1.165, 1.54) is 23.8 Å². The Kier molecular flexibility index (Phi) is 7.19. The Morgan fingerprint density at radius 3 is 2.61 bits per heavy atom. The van der Waals surface area contributed by atoms with Gasteiger partial charge >= 0.3 is 5.97 Å². The van der Waals surface area contributed by atoms with Gasteiger partial charge in [0.1, 0.15) is 17.2 Å². The number of rotatable bonds is 8. The van der Waals surface area contributed by atoms with Crippen molar-refractivity contribution < 1.29 is 28.9 Å². The van der Waals surface area contributed by atoms with E-state index < -0.39 is 12.1 Å². The average Bonchev–Trinajstić information content (AvgIpc) is 3.04. The highest BCUT2D eigenvalue weighted by atomic mass is 32.2. The lowest BCUT2D eigenvalue weighted by Crippen LogP contribution is -2.27. The number of carbonyl (C=O) groups excluding carboxylic acids is 1. The largest absolute Gasteiger partial charge is 0.497 e. The summed E-state index contributed by atoms with van der Waals surface area (Å²) in [6, 6.07) is 12.0. The lowest BCUT2D eigenvalue weighted by atomic mass is 10.2. The molecule has 9 heteroatoms. The van der Waals surface area contributed by atoms with Gasteiger partial charge in [0.2, 0.25) is 0 Å². The van der Waals surface area contributed by atoms with Crippen molar-refractivity contribution in [2.75, 3.05) is 19.1 Å². The predicted octanol–water partition coefficient (Wildman–Crippen LogP) is 4.35. The fraction of sp³-hybridized carbons (Fsp3) is 0.227. The standard InChI is InChI=1S/C22H21NO6S2/c1-4-17(21(25)26)29-15-7-5-6-13(10-15)11-19-20(24)23(22(30)31-19)16-9-8-14(27-2)12-18(16)28-3/h5-12,17H,4H2,1-3H3,(H,25,26)/b19-11+. The Morgan fingerprint density at radius 1 is 1.19 bits per heavy atom. The molecule has 1 heterocycles. The molecule has 0 saturated carbocycles. The van der Waals surface area contributed by atoms with E-state index in [2.05, 4.69) is 0 Å². The molecule has 7 nitrogen and oxygen atoms in total. The number of carboxylic acid groups (broad SMARTS) is 1. The number of amides is 1. The lowest BCUT2D eigenvalue weighted by Gasteiger charge is -2.18. The number of thiocarbonyl (C=S) groups is 1. The van der Waals surface area contributed by atoms with Gasteiger partial charge in [0.05, 0.1) is 24.8 Å². The minimum Gasteiger partial charge on any atom is -0.497 e. The second-order valence-electron chi connectivity index (χ2n) is 6.48. The van der Waals surface area contributed by atoms with Crippen LogP contribution in [-0.4, -0.2) is 41.6 Å². The van der Waals surface area contributed by atoms with Crippen molar-refractivity contribution in [2.45, 2.75) is 19.4 Å². The average molecular weight is 460 g/mol. The van der Waals surface area contributed by atoms with Crippen LogP contribution in [-0.2, 0) is 9.59 Å². The first-order valence-corrected chi connectivity index (χ1v) is 10.6. The van der Waals surface area contributed by atoms with Gasteiger partial charge in [-0.2, -0.15) is 0 Å². The van der Waals surface area contributed by atoms with E-state index >= 15 is 0 Å². The fourth-order valence-corrected chi connectivity index (χ4v) is 4.23. The normalized spacial score (nSPS) is 15.8. The number of anilines is 1. The molecule has 1 aliphatic rings. The minimum atomic E-state index is -1.03. The van der Waals surface area contributed by atoms with Crippen LogP contribution in [0.15, 0.2) is 47.4 Å². The Morgan fingerprint density at radius 2 is 1.97 bits per heavy atom. The van der Waals surface area contributed by atoms with E-state index in [0.717, 1.165) is 0 Å². The maximum absolute atomic E-state index is 13.1. The third kappa shape index (κ3) is 5.00. The van der Waals surface area contributed by atoms with Crippen molar-refractivity contribution >= 4 is 51.9 Å². The van der Waals surface area contributed by atoms with Crippen LogP contribution in [0, 0.1) is 0 Å². The number of carboxylic acids is 1. The third-order valence-corrected chi connectivity index (χ3v) is 5.80. The van der Waals surface area contributed by atoms with Crippen LogP contribution in [0.2, 0.25) is 0 Å². The zero-order valence-electron chi connectivity index (χ0n) is 17.2. The van der Waals surface area contributed by atoms with Crippen LogP contribution in [0.3, 0.4) is 0 Å². The van der Waals surface area contributed by atoms with Gasteiger partial charge in [-0.3, -0.25) is 9.69 Å². The monoisotopic (exact) mass is 459 g/mol. The van der Waals surface area contributed by atoms with Crippen LogP contribution in [0.1, 0.15) is 18.9 Å². The first-order valence-electron chi connectivity index (χ1n) is 9.37. The van der Waals surface area contributed by atoms with E-state index in [0.29, 0.717) is 44.1 Å². The molecule has 3 rings (SSSR count). The second kappa shape index (κ2) is 9.84. The summed E-state index contributed by atoms with van der Waals surface area (Å²) >= 11 is 6.62. The van der Waals surface area contributed by atoms with Crippen LogP contribution in [0.25, 0.3) is 6.08 Å². The van der Waals surface area contributed by atoms with Crippen molar-refractivity contribution in [3.8, 4) is 17.2 Å². The molecular weight excluding hydrogens is 438 g/mol. The van der Waals surface area contributed by atoms with Crippen LogP contribution in [0.4, 0.5) is 5.69 Å². The zero-order valence-corrected chi connectivity index (χ0v) is 18.8. The van der Waals surface area contributed by atoms with E-state index in [-0.39, 0.29) is 5.91 Å². The van der Waals surface area contributed by atoms with Crippen LogP contribution < -0.4 is 19.1 Å². The molecule has 0 spiro atoms. The molecule has 1 saturated heterocycles. The lowest BCUT2D eigenvalue weighted by molar-refractivity contribution is -0.145. The Balaban J connectivity index is 1.87. The van der Waals surface area contributed by atoms with Gasteiger partial charge in [-0.15, -0.1) is 0 Å². The van der Waals surface area contributed by atoms with Gasteiger partial charge in [0, 0.05) is 6.07 Å². The highest BCUT2D eigenvalue weighted by molar-refractivity contribution is 8.27. The fourth-order valence-electron chi connectivity index (χ4n) is 2.95. The van der Waals surface area contributed by atoms with Gasteiger partial charge in [0.15, 0.2) is 10.4 Å². The molecule has 2 aromatic rings. The summed E-state index contributed by atoms with van der Waals surface area (Å²) in [5.41, 5.74) is 1.22. The molecule has 162 valence electrons. The van der Waals surface area contributed by atoms with Gasteiger partial charge in [-0.25, -0.2) is 4.79 Å². The summed E-state index contributed by atoms with van der Waals surface area (Å²) in [6.07, 6.45) is 1.10. The maximum Gasteiger partial charge on any atom is 0.344 e. The topological polar surface area (TPSA) is 85.3 Å². The highest BCUT2D eigenvalue weighted by Crippen LogP contribution is 2.41. The summed E-state index contributed by atoms with van der Waals surface area (Å²) in [5.74, 6) is 0.177. The zero-order chi connectivity index (χ0) is 22.5. The number of thioether (sulfide) groups is 1. The molecule has 31 heavy (non-hydrogen) atoms. The number of hydrogen-bond acceptors (Lipinski definition) is 7. The second-order valence-corrected chi connectivity index (χ2v) is 8.16. The number of benzene rings is 2. The number of nitrogens with zero attached hydrogens (tertiary/aromatic N) is 1. The quantitative estimate of drug-likeness (QED) is 0.461. The summed E-state index contributed by atoms with van der Waals surface area (Å²) in [5, 5.41) is 9.19. The summed E-state index contributed by atoms with van der Waals surface area (Å²) in [4.78, 5) is 26.2. The molecule has 1 unspecified atom stereocenters. The third-order valence-electron chi connectivity index (χ3n) is 4.50. The SMILES string of the molecule is CCC(Oc1cccc(/C=C2/SC(=S)N(c3ccc(OC)cc3OC)C2=O)c1)C(=O)O. The smallest absolute Gasteiger partial charge is 0.344 e. The van der Waals surface area contributed by atoms with E-state index in [9.17, 15) is 14.7 Å². The molecule has 0 radical (unpaired) electrons. The van der Waals surface area contributed by atoms with Crippen molar-refractivity contribution in [2.24, 2.45) is 0 Å². The molecule has 1 N–H and O–H groups in total. The van der Waals surface area contributed by atoms with Crippen molar-refractivity contribution in [3.05, 3.63) is 52.9 Å². The van der Waals surface area contributed by atoms with Gasteiger partial charge in [-0.1, -0.05) is 43.0 Å². The molecule has 0 aromatic heterocycles. The van der Waals surface area contributed by atoms with Crippen molar-refractivity contribution in [3.63, 3.8) is 0 Å². The molecule has 1 aliphatic heterocycles. The van der Waals surface area contributed by atoms with Crippen molar-refractivity contribution in [1.82, 2.24) is 0 Å². The minimum absolute atomic E-state index is 0.276. The number of methoxy groups -OCH3 is 2. The molecule has 1 atom stereocenters. The summed E-state index contributed by atoms with van der Waals surface area (Å²) < 4.78 is 16.5. The van der Waals surface area contributed by atoms with Crippen LogP contribution >= 0.6 is 24.0 Å². The van der Waals surface area contributed by atoms with Gasteiger partial charge in [-0.05, 0) is 42.3 Å². The number of ether oxygens (including phenoxy) is 3. The number of carbonyl (C=O) groups is 2. The van der Waals surface area contributed by atoms with Gasteiger partial charge < -0.3 is 19.3 Å². The maximum atomic E-state index is 13.1. The summed E-state index contributed by atoms with van der Waals surface area (Å²) in [7, 11) is 3.06. The molecular formula is C22H21NO6S2. The Hall–Kier alpha value is -3.04. The number of hydrogen-bond donors (Lipinski definition) is 1. The number of aliphatic carboxylic acids is 1. The van der Waals surface area contributed by atoms with Crippen LogP contribution in [0.5, 0.6) is 17.2 Å². The first kappa shape index (κ1) is 22.6. The summed E-state index contributed by atoms with van der Waals surface area (Å²) in [6.45, 7) is 1.74. The first-order chi connectivity index (χ1) is 14.9. The predicted molar refractivity (Wildman–Crippen MR) is 124 cm³/mol. The molecule has 0 aliphatic carbocycles. The highest BCUT2D eigenvalue weighted by Gasteiger charge is 2.35. The molecule has 1 fully saturated rings. The molecule has 1 amide bonds. The molecule has 2 aromatic carbocycles. The molecule has 0 bridgehead atoms. The van der Waals surface area contributed by atoms with E-state index in [1.54, 1.807) is 62.6 Å². The van der Waals surface area contributed by atoms with E-state index in [4.69, 9.17) is 26.4 Å². The Labute approximate surface area is 189 Å². The van der Waals surface area contributed by atoms with Gasteiger partial charge in [0.25, 0.3) is 5.91 Å². The Bertz CT molecular complexity index is 1050. The van der Waals surface area contributed by atoms with Crippen molar-refractivity contribution in [1.29, 1.82) is 0 Å². The van der Waals surface area contributed by atoms with E-state index in [1.807, 2.05) is 0 Å².